The molecule has 0 spiro atoms. The monoisotopic (exact) mass is 302 g/mol. The van der Waals surface area contributed by atoms with Crippen LogP contribution in [-0.2, 0) is 16.0 Å². The van der Waals surface area contributed by atoms with Gasteiger partial charge in [0.25, 0.3) is 0 Å². The lowest BCUT2D eigenvalue weighted by atomic mass is 10.00. The van der Waals surface area contributed by atoms with Crippen LogP contribution in [0.15, 0.2) is 30.5 Å². The molecule has 2 rings (SSSR count). The summed E-state index contributed by atoms with van der Waals surface area (Å²) in [5.41, 5.74) is 5.06. The topological polar surface area (TPSA) is 74.4 Å². The number of carbonyl (C=O) groups is 1. The number of hydrogen-bond acceptors (Lipinski definition) is 4. The Morgan fingerprint density at radius 2 is 2.23 bits per heavy atom. The minimum absolute atomic E-state index is 0.343. The van der Waals surface area contributed by atoms with Gasteiger partial charge in [0.05, 0.1) is 7.11 Å². The predicted molar refractivity (Wildman–Crippen MR) is 86.6 cm³/mol. The maximum atomic E-state index is 11.6. The Hall–Kier alpha value is -2.11. The molecule has 0 aliphatic heterocycles. The second-order valence-electron chi connectivity index (χ2n) is 5.60. The Morgan fingerprint density at radius 1 is 1.45 bits per heavy atom. The minimum Gasteiger partial charge on any atom is -0.468 e. The molecule has 0 saturated heterocycles. The quantitative estimate of drug-likeness (QED) is 0.566. The van der Waals surface area contributed by atoms with Crippen LogP contribution in [0.4, 0.5) is 0 Å². The van der Waals surface area contributed by atoms with Gasteiger partial charge in [-0.3, -0.25) is 4.79 Å². The number of hydroxylamine groups is 1. The van der Waals surface area contributed by atoms with E-state index in [0.29, 0.717) is 12.3 Å². The van der Waals surface area contributed by atoms with Gasteiger partial charge in [0.15, 0.2) is 0 Å². The van der Waals surface area contributed by atoms with E-state index in [1.807, 2.05) is 29.9 Å². The number of esters is 1. The fourth-order valence-electron chi connectivity index (χ4n) is 2.43. The van der Waals surface area contributed by atoms with Gasteiger partial charge in [0.2, 0.25) is 0 Å². The van der Waals surface area contributed by atoms with E-state index in [4.69, 9.17) is 5.21 Å². The largest absolute Gasteiger partial charge is 0.468 e. The van der Waals surface area contributed by atoms with Crippen molar-refractivity contribution in [2.45, 2.75) is 26.3 Å². The average Bonchev–Trinajstić information content (AvgIpc) is 2.93. The number of allylic oxidation sites excluding steroid dienone is 1. The van der Waals surface area contributed by atoms with E-state index in [9.17, 15) is 4.79 Å². The Bertz CT molecular complexity index is 674. The van der Waals surface area contributed by atoms with Gasteiger partial charge in [0.1, 0.15) is 6.04 Å². The Morgan fingerprint density at radius 3 is 2.86 bits per heavy atom. The fourth-order valence-corrected chi connectivity index (χ4v) is 2.43. The number of benzene rings is 1. The van der Waals surface area contributed by atoms with Gasteiger partial charge in [-0.1, -0.05) is 38.1 Å². The summed E-state index contributed by atoms with van der Waals surface area (Å²) in [6.45, 7) is 4.25. The first-order valence-corrected chi connectivity index (χ1v) is 7.31. The summed E-state index contributed by atoms with van der Waals surface area (Å²) in [6, 6.07) is 5.24. The van der Waals surface area contributed by atoms with Crippen molar-refractivity contribution >= 4 is 22.9 Å². The van der Waals surface area contributed by atoms with E-state index in [2.05, 4.69) is 35.7 Å². The van der Waals surface area contributed by atoms with E-state index < -0.39 is 12.0 Å². The molecule has 0 saturated carbocycles. The summed E-state index contributed by atoms with van der Waals surface area (Å²) in [5.74, 6) is -0.0355. The molecule has 0 bridgehead atoms. The van der Waals surface area contributed by atoms with Crippen molar-refractivity contribution in [1.82, 2.24) is 10.5 Å². The maximum absolute atomic E-state index is 11.6. The number of rotatable bonds is 6. The second-order valence-corrected chi connectivity index (χ2v) is 5.60. The molecule has 3 N–H and O–H groups in total. The summed E-state index contributed by atoms with van der Waals surface area (Å²) in [4.78, 5) is 14.8. The number of aromatic amines is 1. The van der Waals surface area contributed by atoms with Gasteiger partial charge >= 0.3 is 5.97 Å². The van der Waals surface area contributed by atoms with E-state index in [-0.39, 0.29) is 0 Å². The highest BCUT2D eigenvalue weighted by Crippen LogP contribution is 2.25. The van der Waals surface area contributed by atoms with Gasteiger partial charge in [-0.15, -0.1) is 0 Å². The van der Waals surface area contributed by atoms with Gasteiger partial charge in [-0.05, 0) is 23.1 Å². The molecule has 118 valence electrons. The molecule has 1 atom stereocenters. The van der Waals surface area contributed by atoms with Crippen molar-refractivity contribution in [3.63, 3.8) is 0 Å². The molecule has 0 aliphatic carbocycles. The normalized spacial score (nSPS) is 13.1. The number of methoxy groups -OCH3 is 1. The van der Waals surface area contributed by atoms with Crippen LogP contribution < -0.4 is 5.48 Å². The minimum atomic E-state index is -0.786. The van der Waals surface area contributed by atoms with Crippen molar-refractivity contribution in [3.05, 3.63) is 41.6 Å². The predicted octanol–water partition coefficient (Wildman–Crippen LogP) is 2.90. The standard InChI is InChI=1S/C17H22N2O3/c1-11(2)7-8-12-5-4-6-14-16(12)13(10-18-14)9-15(19-21)17(20)22-3/h4-8,10-11,15,18-19,21H,9H2,1-3H3/b8-7+. The Balaban J connectivity index is 2.40. The number of nitrogens with one attached hydrogen (secondary N) is 2. The molecular formula is C17H22N2O3. The highest BCUT2D eigenvalue weighted by atomic mass is 16.5. The third-order valence-electron chi connectivity index (χ3n) is 3.55. The summed E-state index contributed by atoms with van der Waals surface area (Å²) in [5, 5.41) is 10.2. The van der Waals surface area contributed by atoms with Crippen molar-refractivity contribution < 1.29 is 14.7 Å². The first-order chi connectivity index (χ1) is 10.6. The highest BCUT2D eigenvalue weighted by molar-refractivity contribution is 5.92. The lowest BCUT2D eigenvalue weighted by Crippen LogP contribution is -2.37. The molecular weight excluding hydrogens is 280 g/mol. The number of ether oxygens (including phenoxy) is 1. The smallest absolute Gasteiger partial charge is 0.325 e. The molecule has 1 aromatic carbocycles. The van der Waals surface area contributed by atoms with E-state index in [1.54, 1.807) is 0 Å². The molecule has 5 heteroatoms. The lowest BCUT2D eigenvalue weighted by Gasteiger charge is -2.12. The number of aromatic nitrogens is 1. The number of H-pyrrole nitrogens is 1. The van der Waals surface area contributed by atoms with Crippen LogP contribution in [0.25, 0.3) is 17.0 Å². The number of carbonyl (C=O) groups excluding carboxylic acids is 1. The van der Waals surface area contributed by atoms with Gasteiger partial charge in [0, 0.05) is 23.5 Å². The first kappa shape index (κ1) is 16.3. The van der Waals surface area contributed by atoms with E-state index in [1.165, 1.54) is 7.11 Å². The SMILES string of the molecule is COC(=O)C(Cc1c[nH]c2cccc(/C=C/C(C)C)c12)NO. The molecule has 1 aromatic heterocycles. The van der Waals surface area contributed by atoms with E-state index in [0.717, 1.165) is 22.0 Å². The van der Waals surface area contributed by atoms with Crippen LogP contribution in [-0.4, -0.2) is 29.3 Å². The third-order valence-corrected chi connectivity index (χ3v) is 3.55. The Kier molecular flexibility index (Phi) is 5.35. The van der Waals surface area contributed by atoms with Crippen LogP contribution in [0.2, 0.25) is 0 Å². The van der Waals surface area contributed by atoms with Crippen molar-refractivity contribution in [1.29, 1.82) is 0 Å². The van der Waals surface area contributed by atoms with Crippen LogP contribution >= 0.6 is 0 Å². The first-order valence-electron chi connectivity index (χ1n) is 7.31. The highest BCUT2D eigenvalue weighted by Gasteiger charge is 2.20. The molecule has 0 radical (unpaired) electrons. The molecule has 2 aromatic rings. The third kappa shape index (κ3) is 3.55. The molecule has 5 nitrogen and oxygen atoms in total. The molecule has 22 heavy (non-hydrogen) atoms. The lowest BCUT2D eigenvalue weighted by molar-refractivity contribution is -0.145. The van der Waals surface area contributed by atoms with Gasteiger partial charge in [-0.25, -0.2) is 0 Å². The zero-order valence-corrected chi connectivity index (χ0v) is 13.1. The average molecular weight is 302 g/mol. The summed E-state index contributed by atoms with van der Waals surface area (Å²) in [6.07, 6.45) is 6.43. The van der Waals surface area contributed by atoms with Crippen LogP contribution in [0.1, 0.15) is 25.0 Å². The van der Waals surface area contributed by atoms with Crippen molar-refractivity contribution in [3.8, 4) is 0 Å². The van der Waals surface area contributed by atoms with Gasteiger partial charge < -0.3 is 14.9 Å². The summed E-state index contributed by atoms with van der Waals surface area (Å²) >= 11 is 0. The molecule has 0 amide bonds. The van der Waals surface area contributed by atoms with Crippen LogP contribution in [0.3, 0.4) is 0 Å². The molecule has 1 heterocycles. The van der Waals surface area contributed by atoms with Crippen molar-refractivity contribution in [2.75, 3.05) is 7.11 Å². The molecule has 0 aliphatic rings. The zero-order chi connectivity index (χ0) is 16.1. The fraction of sp³-hybridized carbons (Fsp3) is 0.353. The van der Waals surface area contributed by atoms with E-state index >= 15 is 0 Å². The van der Waals surface area contributed by atoms with Crippen LogP contribution in [0.5, 0.6) is 0 Å². The second kappa shape index (κ2) is 7.24. The van der Waals surface area contributed by atoms with Crippen molar-refractivity contribution in [2.24, 2.45) is 5.92 Å². The Labute approximate surface area is 129 Å². The summed E-state index contributed by atoms with van der Waals surface area (Å²) in [7, 11) is 1.30. The maximum Gasteiger partial charge on any atom is 0.325 e. The van der Waals surface area contributed by atoms with Crippen LogP contribution in [0, 0.1) is 5.92 Å². The number of hydrogen-bond donors (Lipinski definition) is 3. The summed E-state index contributed by atoms with van der Waals surface area (Å²) < 4.78 is 4.69. The number of fused-ring (bicyclic) bond motifs is 1. The molecule has 1 unspecified atom stereocenters. The van der Waals surface area contributed by atoms with Gasteiger partial charge in [-0.2, -0.15) is 5.48 Å². The molecule has 0 fully saturated rings. The zero-order valence-electron chi connectivity index (χ0n) is 13.1.